The van der Waals surface area contributed by atoms with Crippen molar-refractivity contribution in [3.8, 4) is 0 Å². The van der Waals surface area contributed by atoms with Gasteiger partial charge in [-0.2, -0.15) is 0 Å². The number of carbonyl (C=O) groups is 3. The van der Waals surface area contributed by atoms with Crippen LogP contribution in [0.15, 0.2) is 0 Å². The highest BCUT2D eigenvalue weighted by Gasteiger charge is 2.27. The fourth-order valence-electron chi connectivity index (χ4n) is 1.33. The Morgan fingerprint density at radius 3 is 2.17 bits per heavy atom. The van der Waals surface area contributed by atoms with Crippen LogP contribution in [0.1, 0.15) is 27.2 Å². The summed E-state index contributed by atoms with van der Waals surface area (Å²) in [6.07, 6.45) is 0.626. The van der Waals surface area contributed by atoms with Gasteiger partial charge in [0, 0.05) is 0 Å². The highest BCUT2D eigenvalue weighted by atomic mass is 16.4. The molecule has 2 amide bonds. The zero-order valence-electron chi connectivity index (χ0n) is 10.9. The molecule has 0 saturated carbocycles. The number of aliphatic carboxylic acids is 1. The van der Waals surface area contributed by atoms with Crippen molar-refractivity contribution in [2.45, 2.75) is 39.3 Å². The number of carbonyl (C=O) groups excluding carboxylic acids is 2. The fourth-order valence-corrected chi connectivity index (χ4v) is 1.33. The second kappa shape index (κ2) is 7.65. The van der Waals surface area contributed by atoms with E-state index < -0.39 is 29.9 Å². The Morgan fingerprint density at radius 1 is 1.22 bits per heavy atom. The molecule has 5 N–H and O–H groups in total. The smallest absolute Gasteiger partial charge is 0.326 e. The SMILES string of the molecule is CCC(C)C(NC(=O)C(C)NC(=O)CN)C(=O)O. The summed E-state index contributed by atoms with van der Waals surface area (Å²) in [7, 11) is 0. The van der Waals surface area contributed by atoms with E-state index in [9.17, 15) is 14.4 Å². The molecule has 3 atom stereocenters. The first-order chi connectivity index (χ1) is 8.33. The molecule has 0 fully saturated rings. The van der Waals surface area contributed by atoms with E-state index in [2.05, 4.69) is 10.6 Å². The average molecular weight is 259 g/mol. The van der Waals surface area contributed by atoms with Gasteiger partial charge in [0.25, 0.3) is 0 Å². The van der Waals surface area contributed by atoms with Crippen molar-refractivity contribution >= 4 is 17.8 Å². The van der Waals surface area contributed by atoms with Gasteiger partial charge >= 0.3 is 5.97 Å². The summed E-state index contributed by atoms with van der Waals surface area (Å²) >= 11 is 0. The first-order valence-corrected chi connectivity index (χ1v) is 5.86. The third kappa shape index (κ3) is 5.13. The summed E-state index contributed by atoms with van der Waals surface area (Å²) in [5.41, 5.74) is 5.10. The van der Waals surface area contributed by atoms with Gasteiger partial charge in [-0.15, -0.1) is 0 Å². The second-order valence-electron chi connectivity index (χ2n) is 4.20. The quantitative estimate of drug-likeness (QED) is 0.470. The Bertz CT molecular complexity index is 319. The third-order valence-corrected chi connectivity index (χ3v) is 2.73. The molecule has 0 heterocycles. The maximum absolute atomic E-state index is 11.7. The Kier molecular flexibility index (Phi) is 6.96. The van der Waals surface area contributed by atoms with Crippen LogP contribution in [0.3, 0.4) is 0 Å². The Labute approximate surface area is 106 Å². The van der Waals surface area contributed by atoms with Gasteiger partial charge in [-0.25, -0.2) is 4.79 Å². The summed E-state index contributed by atoms with van der Waals surface area (Å²) in [4.78, 5) is 33.7. The number of rotatable bonds is 7. The normalized spacial score (nSPS) is 15.3. The van der Waals surface area contributed by atoms with E-state index in [1.807, 2.05) is 6.92 Å². The molecule has 3 unspecified atom stereocenters. The summed E-state index contributed by atoms with van der Waals surface area (Å²) < 4.78 is 0. The Morgan fingerprint density at radius 2 is 1.78 bits per heavy atom. The molecular formula is C11H21N3O4. The van der Waals surface area contributed by atoms with Crippen molar-refractivity contribution in [2.75, 3.05) is 6.54 Å². The van der Waals surface area contributed by atoms with Gasteiger partial charge in [0.2, 0.25) is 11.8 Å². The molecule has 0 saturated heterocycles. The van der Waals surface area contributed by atoms with Gasteiger partial charge in [-0.05, 0) is 12.8 Å². The minimum atomic E-state index is -1.09. The Balaban J connectivity index is 4.50. The predicted molar refractivity (Wildman–Crippen MR) is 65.7 cm³/mol. The van der Waals surface area contributed by atoms with Crippen molar-refractivity contribution in [3.05, 3.63) is 0 Å². The highest BCUT2D eigenvalue weighted by molar-refractivity contribution is 5.90. The number of hydrogen-bond acceptors (Lipinski definition) is 4. The summed E-state index contributed by atoms with van der Waals surface area (Å²) in [5.74, 6) is -2.28. The van der Waals surface area contributed by atoms with E-state index in [4.69, 9.17) is 10.8 Å². The number of carboxylic acid groups (broad SMARTS) is 1. The van der Waals surface area contributed by atoms with Gasteiger partial charge in [-0.1, -0.05) is 20.3 Å². The largest absolute Gasteiger partial charge is 0.480 e. The molecular weight excluding hydrogens is 238 g/mol. The van der Waals surface area contributed by atoms with E-state index in [1.165, 1.54) is 6.92 Å². The molecule has 18 heavy (non-hydrogen) atoms. The standard InChI is InChI=1S/C11H21N3O4/c1-4-6(2)9(11(17)18)14-10(16)7(3)13-8(15)5-12/h6-7,9H,4-5,12H2,1-3H3,(H,13,15)(H,14,16)(H,17,18). The molecule has 0 radical (unpaired) electrons. The first kappa shape index (κ1) is 16.4. The molecule has 7 nitrogen and oxygen atoms in total. The lowest BCUT2D eigenvalue weighted by molar-refractivity contribution is -0.143. The van der Waals surface area contributed by atoms with Crippen LogP contribution in [0.5, 0.6) is 0 Å². The third-order valence-electron chi connectivity index (χ3n) is 2.73. The monoisotopic (exact) mass is 259 g/mol. The van der Waals surface area contributed by atoms with Gasteiger partial charge in [-0.3, -0.25) is 9.59 Å². The van der Waals surface area contributed by atoms with E-state index in [-0.39, 0.29) is 12.5 Å². The fraction of sp³-hybridized carbons (Fsp3) is 0.727. The number of hydrogen-bond donors (Lipinski definition) is 4. The molecule has 0 rings (SSSR count). The van der Waals surface area contributed by atoms with Gasteiger partial charge in [0.15, 0.2) is 0 Å². The van der Waals surface area contributed by atoms with E-state index in [0.717, 1.165) is 0 Å². The zero-order chi connectivity index (χ0) is 14.3. The minimum Gasteiger partial charge on any atom is -0.480 e. The van der Waals surface area contributed by atoms with Crippen LogP contribution in [-0.4, -0.2) is 41.5 Å². The molecule has 104 valence electrons. The maximum Gasteiger partial charge on any atom is 0.326 e. The van der Waals surface area contributed by atoms with Crippen LogP contribution in [-0.2, 0) is 14.4 Å². The Hall–Kier alpha value is -1.63. The number of nitrogens with two attached hydrogens (primary N) is 1. The molecule has 0 aromatic heterocycles. The second-order valence-corrected chi connectivity index (χ2v) is 4.20. The van der Waals surface area contributed by atoms with Crippen LogP contribution in [0.4, 0.5) is 0 Å². The maximum atomic E-state index is 11.7. The molecule has 0 aliphatic rings. The van der Waals surface area contributed by atoms with Crippen LogP contribution in [0.2, 0.25) is 0 Å². The van der Waals surface area contributed by atoms with Crippen LogP contribution >= 0.6 is 0 Å². The molecule has 0 aliphatic heterocycles. The van der Waals surface area contributed by atoms with Crippen LogP contribution in [0, 0.1) is 5.92 Å². The van der Waals surface area contributed by atoms with Gasteiger partial charge in [0.05, 0.1) is 6.54 Å². The highest BCUT2D eigenvalue weighted by Crippen LogP contribution is 2.08. The average Bonchev–Trinajstić information content (AvgIpc) is 2.33. The lowest BCUT2D eigenvalue weighted by atomic mass is 9.99. The van der Waals surface area contributed by atoms with Crippen molar-refractivity contribution in [3.63, 3.8) is 0 Å². The summed E-state index contributed by atoms with van der Waals surface area (Å²) in [5, 5.41) is 13.8. The lowest BCUT2D eigenvalue weighted by Crippen LogP contribution is -2.53. The number of amides is 2. The number of carboxylic acids is 1. The molecule has 0 aromatic carbocycles. The van der Waals surface area contributed by atoms with Gasteiger partial charge in [0.1, 0.15) is 12.1 Å². The summed E-state index contributed by atoms with van der Waals surface area (Å²) in [6, 6.07) is -1.77. The predicted octanol–water partition coefficient (Wildman–Crippen LogP) is -0.935. The topological polar surface area (TPSA) is 122 Å². The minimum absolute atomic E-state index is 0.191. The molecule has 7 heteroatoms. The summed E-state index contributed by atoms with van der Waals surface area (Å²) in [6.45, 7) is 4.83. The molecule has 0 aromatic rings. The van der Waals surface area contributed by atoms with E-state index in [1.54, 1.807) is 6.92 Å². The van der Waals surface area contributed by atoms with Crippen LogP contribution < -0.4 is 16.4 Å². The van der Waals surface area contributed by atoms with Crippen molar-refractivity contribution in [2.24, 2.45) is 11.7 Å². The zero-order valence-corrected chi connectivity index (χ0v) is 10.9. The molecule has 0 spiro atoms. The van der Waals surface area contributed by atoms with Crippen LogP contribution in [0.25, 0.3) is 0 Å². The van der Waals surface area contributed by atoms with Crippen molar-refractivity contribution < 1.29 is 19.5 Å². The van der Waals surface area contributed by atoms with Crippen molar-refractivity contribution in [1.29, 1.82) is 0 Å². The first-order valence-electron chi connectivity index (χ1n) is 5.86. The van der Waals surface area contributed by atoms with E-state index >= 15 is 0 Å². The molecule has 0 aliphatic carbocycles. The lowest BCUT2D eigenvalue weighted by Gasteiger charge is -2.22. The number of nitrogens with one attached hydrogen (secondary N) is 2. The molecule has 0 bridgehead atoms. The van der Waals surface area contributed by atoms with Gasteiger partial charge < -0.3 is 21.5 Å². The van der Waals surface area contributed by atoms with Crippen molar-refractivity contribution in [1.82, 2.24) is 10.6 Å². The van der Waals surface area contributed by atoms with E-state index in [0.29, 0.717) is 6.42 Å².